The third-order valence-corrected chi connectivity index (χ3v) is 0.814. The Balaban J connectivity index is 0. The van der Waals surface area contributed by atoms with Crippen LogP contribution in [0, 0.1) is 10.8 Å². The lowest BCUT2D eigenvalue weighted by molar-refractivity contribution is 0.368. The highest BCUT2D eigenvalue weighted by Crippen LogP contribution is 1.86. The summed E-state index contributed by atoms with van der Waals surface area (Å²) < 4.78 is 8.97. The van der Waals surface area contributed by atoms with Gasteiger partial charge >= 0.3 is 0 Å². The highest BCUT2D eigenvalue weighted by Gasteiger charge is 1.99. The van der Waals surface area contributed by atoms with Crippen LogP contribution in [0.25, 0.3) is 0 Å². The minimum Gasteiger partial charge on any atom is -0.484 e. The van der Waals surface area contributed by atoms with E-state index in [9.17, 15) is 0 Å². The highest BCUT2D eigenvalue weighted by atomic mass is 35.5. The Kier molecular flexibility index (Phi) is 7.60. The van der Waals surface area contributed by atoms with Crippen molar-refractivity contribution in [3.8, 4) is 0 Å². The molecule has 0 aliphatic rings. The fraction of sp³-hybridized carbons (Fsp3) is 0.600. The Labute approximate surface area is 65.9 Å². The Morgan fingerprint density at radius 1 is 1.10 bits per heavy atom. The first-order valence-electron chi connectivity index (χ1n) is 2.43. The van der Waals surface area contributed by atoms with Gasteiger partial charge in [-0.3, -0.25) is 10.8 Å². The van der Waals surface area contributed by atoms with Crippen LogP contribution in [0.2, 0.25) is 0 Å². The minimum atomic E-state index is 0. The first kappa shape index (κ1) is 12.0. The third kappa shape index (κ3) is 5.37. The van der Waals surface area contributed by atoms with Crippen molar-refractivity contribution in [3.63, 3.8) is 0 Å². The topological polar surface area (TPSA) is 66.2 Å². The van der Waals surface area contributed by atoms with E-state index < -0.39 is 0 Å². The maximum atomic E-state index is 6.93. The molecule has 0 rings (SSSR count). The Morgan fingerprint density at radius 2 is 1.40 bits per heavy atom. The van der Waals surface area contributed by atoms with E-state index in [0.29, 0.717) is 0 Å². The van der Waals surface area contributed by atoms with Crippen molar-refractivity contribution in [2.75, 3.05) is 14.2 Å². The van der Waals surface area contributed by atoms with Gasteiger partial charge in [-0.05, 0) is 0 Å². The third-order valence-electron chi connectivity index (χ3n) is 0.814. The molecule has 10 heavy (non-hydrogen) atoms. The van der Waals surface area contributed by atoms with E-state index in [1.165, 1.54) is 14.2 Å². The molecule has 0 atom stereocenters. The lowest BCUT2D eigenvalue weighted by Gasteiger charge is -2.01. The molecule has 0 aliphatic heterocycles. The van der Waals surface area contributed by atoms with E-state index in [1.807, 2.05) is 0 Å². The minimum absolute atomic E-state index is 0. The lowest BCUT2D eigenvalue weighted by Crippen LogP contribution is -2.08. The summed E-state index contributed by atoms with van der Waals surface area (Å²) >= 11 is 0. The average Bonchev–Trinajstić information content (AvgIpc) is 1.87. The van der Waals surface area contributed by atoms with E-state index in [4.69, 9.17) is 10.8 Å². The van der Waals surface area contributed by atoms with Gasteiger partial charge in [0.1, 0.15) is 0 Å². The zero-order valence-corrected chi connectivity index (χ0v) is 6.75. The molecule has 0 unspecified atom stereocenters. The van der Waals surface area contributed by atoms with Gasteiger partial charge in [0.05, 0.1) is 20.6 Å². The molecule has 0 amide bonds. The molecule has 0 saturated carbocycles. The van der Waals surface area contributed by atoms with Crippen molar-refractivity contribution in [1.29, 1.82) is 10.8 Å². The zero-order chi connectivity index (χ0) is 7.28. The molecule has 0 aliphatic carbocycles. The average molecular weight is 167 g/mol. The van der Waals surface area contributed by atoms with Gasteiger partial charge in [-0.15, -0.1) is 12.4 Å². The molecule has 0 spiro atoms. The van der Waals surface area contributed by atoms with E-state index in [0.717, 1.165) is 0 Å². The fourth-order valence-electron chi connectivity index (χ4n) is 0.290. The summed E-state index contributed by atoms with van der Waals surface area (Å²) in [6.07, 6.45) is 0.132. The van der Waals surface area contributed by atoms with E-state index in [2.05, 4.69) is 9.47 Å². The van der Waals surface area contributed by atoms with Gasteiger partial charge in [0, 0.05) is 0 Å². The van der Waals surface area contributed by atoms with Crippen molar-refractivity contribution in [1.82, 2.24) is 0 Å². The van der Waals surface area contributed by atoms with Gasteiger partial charge in [0.2, 0.25) is 0 Å². The van der Waals surface area contributed by atoms with Gasteiger partial charge in [0.15, 0.2) is 11.8 Å². The quantitative estimate of drug-likeness (QED) is 0.476. The molecule has 5 heteroatoms. The molecular formula is C5H11ClN2O2. The Bertz CT molecular complexity index is 113. The van der Waals surface area contributed by atoms with Crippen LogP contribution >= 0.6 is 12.4 Å². The van der Waals surface area contributed by atoms with Crippen LogP contribution < -0.4 is 0 Å². The zero-order valence-electron chi connectivity index (χ0n) is 5.93. The summed E-state index contributed by atoms with van der Waals surface area (Å²) in [5.74, 6) is 0.0868. The number of halogens is 1. The second kappa shape index (κ2) is 6.35. The van der Waals surface area contributed by atoms with Gasteiger partial charge in [-0.2, -0.15) is 0 Å². The SMILES string of the molecule is COC(=N)CC(=N)OC.Cl. The van der Waals surface area contributed by atoms with Crippen LogP contribution in [0.15, 0.2) is 0 Å². The molecule has 0 radical (unpaired) electrons. The fourth-order valence-corrected chi connectivity index (χ4v) is 0.290. The van der Waals surface area contributed by atoms with Crippen LogP contribution in [-0.4, -0.2) is 26.0 Å². The monoisotopic (exact) mass is 166 g/mol. The molecule has 0 saturated heterocycles. The smallest absolute Gasteiger partial charge is 0.189 e. The standard InChI is InChI=1S/C5H10N2O2.ClH/c1-8-4(6)3-5(7)9-2;/h6-7H,3H2,1-2H3;1H. The molecule has 0 fully saturated rings. The van der Waals surface area contributed by atoms with Crippen molar-refractivity contribution in [3.05, 3.63) is 0 Å². The number of rotatable bonds is 2. The maximum Gasteiger partial charge on any atom is 0.189 e. The van der Waals surface area contributed by atoms with Gasteiger partial charge in [-0.1, -0.05) is 0 Å². The van der Waals surface area contributed by atoms with E-state index in [-0.39, 0.29) is 30.6 Å². The number of nitrogens with one attached hydrogen (secondary N) is 2. The highest BCUT2D eigenvalue weighted by molar-refractivity contribution is 5.93. The summed E-state index contributed by atoms with van der Waals surface area (Å²) in [6, 6.07) is 0. The Hall–Kier alpha value is -0.770. The largest absolute Gasteiger partial charge is 0.484 e. The van der Waals surface area contributed by atoms with Crippen LogP contribution in [0.4, 0.5) is 0 Å². The molecule has 0 bridgehead atoms. The second-order valence-electron chi connectivity index (χ2n) is 1.43. The van der Waals surface area contributed by atoms with E-state index in [1.54, 1.807) is 0 Å². The summed E-state index contributed by atoms with van der Waals surface area (Å²) in [4.78, 5) is 0. The van der Waals surface area contributed by atoms with Crippen LogP contribution in [0.3, 0.4) is 0 Å². The lowest BCUT2D eigenvalue weighted by atomic mass is 10.4. The maximum absolute atomic E-state index is 6.93. The number of ether oxygens (including phenoxy) is 2. The molecule has 60 valence electrons. The summed E-state index contributed by atoms with van der Waals surface area (Å²) in [5, 5.41) is 13.9. The van der Waals surface area contributed by atoms with Crippen LogP contribution in [0.1, 0.15) is 6.42 Å². The van der Waals surface area contributed by atoms with Gasteiger partial charge in [-0.25, -0.2) is 0 Å². The molecule has 2 N–H and O–H groups in total. The normalized spacial score (nSPS) is 7.40. The number of hydrogen-bond acceptors (Lipinski definition) is 4. The van der Waals surface area contributed by atoms with Crippen molar-refractivity contribution in [2.45, 2.75) is 6.42 Å². The first-order valence-corrected chi connectivity index (χ1v) is 2.43. The number of methoxy groups -OCH3 is 2. The molecule has 0 heterocycles. The summed E-state index contributed by atoms with van der Waals surface area (Å²) in [7, 11) is 2.79. The predicted octanol–water partition coefficient (Wildman–Crippen LogP) is 1.05. The molecule has 0 aromatic rings. The molecule has 0 aromatic heterocycles. The first-order chi connectivity index (χ1) is 4.20. The number of hydrogen-bond donors (Lipinski definition) is 2. The van der Waals surface area contributed by atoms with Crippen LogP contribution in [-0.2, 0) is 9.47 Å². The van der Waals surface area contributed by atoms with Crippen molar-refractivity contribution >= 4 is 24.2 Å². The Morgan fingerprint density at radius 3 is 1.60 bits per heavy atom. The summed E-state index contributed by atoms with van der Waals surface area (Å²) in [6.45, 7) is 0. The van der Waals surface area contributed by atoms with Gasteiger partial charge < -0.3 is 9.47 Å². The molecule has 0 aromatic carbocycles. The summed E-state index contributed by atoms with van der Waals surface area (Å²) in [5.41, 5.74) is 0. The van der Waals surface area contributed by atoms with Crippen molar-refractivity contribution < 1.29 is 9.47 Å². The molecular weight excluding hydrogens is 156 g/mol. The van der Waals surface area contributed by atoms with Gasteiger partial charge in [0.25, 0.3) is 0 Å². The van der Waals surface area contributed by atoms with Crippen LogP contribution in [0.5, 0.6) is 0 Å². The van der Waals surface area contributed by atoms with E-state index >= 15 is 0 Å². The van der Waals surface area contributed by atoms with Crippen molar-refractivity contribution in [2.24, 2.45) is 0 Å². The predicted molar refractivity (Wildman–Crippen MR) is 41.3 cm³/mol. The second-order valence-corrected chi connectivity index (χ2v) is 1.43. The molecule has 4 nitrogen and oxygen atoms in total.